The number of benzene rings is 1. The van der Waals surface area contributed by atoms with E-state index in [1.165, 1.54) is 17.7 Å². The first kappa shape index (κ1) is 19.6. The highest BCUT2D eigenvalue weighted by Crippen LogP contribution is 2.29. The molecule has 1 saturated heterocycles. The maximum atomic E-state index is 12.6. The van der Waals surface area contributed by atoms with Crippen molar-refractivity contribution in [3.63, 3.8) is 0 Å². The summed E-state index contributed by atoms with van der Waals surface area (Å²) in [4.78, 5) is 20.8. The predicted octanol–water partition coefficient (Wildman–Crippen LogP) is 3.95. The Bertz CT molecular complexity index is 798. The summed E-state index contributed by atoms with van der Waals surface area (Å²) in [6.07, 6.45) is 2.50. The SMILES string of the molecule is COc1ccc(C(=O)Nc2nc(C)c(CN3CCC(C)CC3)s2)cc1OC. The van der Waals surface area contributed by atoms with Gasteiger partial charge in [0.2, 0.25) is 0 Å². The zero-order valence-electron chi connectivity index (χ0n) is 16.4. The molecule has 27 heavy (non-hydrogen) atoms. The fraction of sp³-hybridized carbons (Fsp3) is 0.500. The van der Waals surface area contributed by atoms with Gasteiger partial charge in [0.05, 0.1) is 19.9 Å². The number of aryl methyl sites for hydroxylation is 1. The molecular formula is C20H27N3O3S. The van der Waals surface area contributed by atoms with Crippen molar-refractivity contribution < 1.29 is 14.3 Å². The van der Waals surface area contributed by atoms with Crippen molar-refractivity contribution in [2.24, 2.45) is 5.92 Å². The Kier molecular flexibility index (Phi) is 6.34. The molecule has 0 aliphatic carbocycles. The highest BCUT2D eigenvalue weighted by Gasteiger charge is 2.19. The summed E-state index contributed by atoms with van der Waals surface area (Å²) in [5, 5.41) is 3.54. The maximum absolute atomic E-state index is 12.6. The lowest BCUT2D eigenvalue weighted by atomic mass is 9.99. The number of rotatable bonds is 6. The molecule has 0 bridgehead atoms. The Hall–Kier alpha value is -2.12. The number of ether oxygens (including phenoxy) is 2. The van der Waals surface area contributed by atoms with E-state index in [4.69, 9.17) is 9.47 Å². The number of aromatic nitrogens is 1. The van der Waals surface area contributed by atoms with Crippen LogP contribution < -0.4 is 14.8 Å². The van der Waals surface area contributed by atoms with Crippen molar-refractivity contribution in [3.8, 4) is 11.5 Å². The van der Waals surface area contributed by atoms with Crippen LogP contribution in [0.1, 0.15) is 40.7 Å². The highest BCUT2D eigenvalue weighted by atomic mass is 32.1. The molecule has 1 aromatic carbocycles. The molecule has 2 heterocycles. The van der Waals surface area contributed by atoms with Crippen molar-refractivity contribution in [2.75, 3.05) is 32.6 Å². The number of nitrogens with zero attached hydrogens (tertiary/aromatic N) is 2. The maximum Gasteiger partial charge on any atom is 0.257 e. The molecule has 0 radical (unpaired) electrons. The van der Waals surface area contributed by atoms with Crippen molar-refractivity contribution in [2.45, 2.75) is 33.2 Å². The lowest BCUT2D eigenvalue weighted by Gasteiger charge is -2.29. The molecule has 0 saturated carbocycles. The number of likely N-dealkylation sites (tertiary alicyclic amines) is 1. The summed E-state index contributed by atoms with van der Waals surface area (Å²) in [5.41, 5.74) is 1.49. The number of thiazole rings is 1. The minimum absolute atomic E-state index is 0.206. The normalized spacial score (nSPS) is 15.6. The number of piperidine rings is 1. The van der Waals surface area contributed by atoms with E-state index < -0.39 is 0 Å². The molecule has 0 unspecified atom stereocenters. The van der Waals surface area contributed by atoms with Gasteiger partial charge in [0.1, 0.15) is 0 Å². The monoisotopic (exact) mass is 389 g/mol. The molecule has 2 aromatic rings. The van der Waals surface area contributed by atoms with E-state index in [9.17, 15) is 4.79 Å². The van der Waals surface area contributed by atoms with Crippen LogP contribution in [0.3, 0.4) is 0 Å². The minimum atomic E-state index is -0.206. The number of nitrogens with one attached hydrogen (secondary N) is 1. The summed E-state index contributed by atoms with van der Waals surface area (Å²) in [5.74, 6) is 1.74. The number of amides is 1. The average molecular weight is 390 g/mol. The second-order valence-corrected chi connectivity index (χ2v) is 8.09. The van der Waals surface area contributed by atoms with E-state index in [0.29, 0.717) is 22.2 Å². The lowest BCUT2D eigenvalue weighted by molar-refractivity contribution is 0.102. The average Bonchev–Trinajstić information content (AvgIpc) is 3.01. The Balaban J connectivity index is 1.66. The number of hydrogen-bond donors (Lipinski definition) is 1. The van der Waals surface area contributed by atoms with Crippen molar-refractivity contribution in [1.82, 2.24) is 9.88 Å². The topological polar surface area (TPSA) is 63.7 Å². The van der Waals surface area contributed by atoms with Crippen LogP contribution in [0, 0.1) is 12.8 Å². The Labute approximate surface area is 164 Å². The third kappa shape index (κ3) is 4.78. The highest BCUT2D eigenvalue weighted by molar-refractivity contribution is 7.15. The van der Waals surface area contributed by atoms with E-state index in [-0.39, 0.29) is 5.91 Å². The van der Waals surface area contributed by atoms with Crippen molar-refractivity contribution in [3.05, 3.63) is 34.3 Å². The summed E-state index contributed by atoms with van der Waals surface area (Å²) >= 11 is 1.55. The number of anilines is 1. The van der Waals surface area contributed by atoms with Gasteiger partial charge in [-0.25, -0.2) is 4.98 Å². The molecular weight excluding hydrogens is 362 g/mol. The van der Waals surface area contributed by atoms with E-state index in [2.05, 4.69) is 22.1 Å². The van der Waals surface area contributed by atoms with Gasteiger partial charge < -0.3 is 9.47 Å². The summed E-state index contributed by atoms with van der Waals surface area (Å²) < 4.78 is 10.5. The first-order valence-electron chi connectivity index (χ1n) is 9.22. The predicted molar refractivity (Wildman–Crippen MR) is 108 cm³/mol. The van der Waals surface area contributed by atoms with Crippen LogP contribution in [0.5, 0.6) is 11.5 Å². The molecule has 1 fully saturated rings. The zero-order valence-corrected chi connectivity index (χ0v) is 17.2. The van der Waals surface area contributed by atoms with Crippen LogP contribution in [0.15, 0.2) is 18.2 Å². The Morgan fingerprint density at radius 1 is 1.26 bits per heavy atom. The molecule has 1 aromatic heterocycles. The number of hydrogen-bond acceptors (Lipinski definition) is 6. The van der Waals surface area contributed by atoms with E-state index in [1.807, 2.05) is 6.92 Å². The van der Waals surface area contributed by atoms with Crippen LogP contribution in [0.4, 0.5) is 5.13 Å². The molecule has 0 atom stereocenters. The van der Waals surface area contributed by atoms with Crippen LogP contribution in [-0.4, -0.2) is 43.1 Å². The zero-order chi connectivity index (χ0) is 19.4. The molecule has 0 spiro atoms. The lowest BCUT2D eigenvalue weighted by Crippen LogP contribution is -2.32. The van der Waals surface area contributed by atoms with Gasteiger partial charge >= 0.3 is 0 Å². The molecule has 6 nitrogen and oxygen atoms in total. The fourth-order valence-electron chi connectivity index (χ4n) is 3.20. The van der Waals surface area contributed by atoms with Crippen molar-refractivity contribution in [1.29, 1.82) is 0 Å². The van der Waals surface area contributed by atoms with Gasteiger partial charge in [-0.2, -0.15) is 0 Å². The fourth-order valence-corrected chi connectivity index (χ4v) is 4.20. The Morgan fingerprint density at radius 3 is 2.63 bits per heavy atom. The molecule has 1 amide bonds. The van der Waals surface area contributed by atoms with Gasteiger partial charge in [-0.05, 0) is 57.0 Å². The second kappa shape index (κ2) is 8.71. The smallest absolute Gasteiger partial charge is 0.257 e. The van der Waals surface area contributed by atoms with Gasteiger partial charge in [0.25, 0.3) is 5.91 Å². The van der Waals surface area contributed by atoms with Crippen molar-refractivity contribution >= 4 is 22.4 Å². The first-order chi connectivity index (χ1) is 13.0. The number of carbonyl (C=O) groups is 1. The van der Waals surface area contributed by atoms with Crippen LogP contribution in [-0.2, 0) is 6.54 Å². The van der Waals surface area contributed by atoms with Gasteiger partial charge in [0.15, 0.2) is 16.6 Å². The molecule has 1 N–H and O–H groups in total. The summed E-state index contributed by atoms with van der Waals surface area (Å²) in [7, 11) is 3.12. The van der Waals surface area contributed by atoms with Gasteiger partial charge in [-0.15, -0.1) is 11.3 Å². The third-order valence-corrected chi connectivity index (χ3v) is 6.06. The van der Waals surface area contributed by atoms with Gasteiger partial charge in [-0.3, -0.25) is 15.0 Å². The van der Waals surface area contributed by atoms with E-state index >= 15 is 0 Å². The molecule has 1 aliphatic heterocycles. The quantitative estimate of drug-likeness (QED) is 0.810. The second-order valence-electron chi connectivity index (χ2n) is 7.01. The Morgan fingerprint density at radius 2 is 1.96 bits per heavy atom. The standard InChI is InChI=1S/C20H27N3O3S/c1-13-7-9-23(10-8-13)12-18-14(2)21-20(27-18)22-19(24)15-5-6-16(25-3)17(11-15)26-4/h5-6,11,13H,7-10,12H2,1-4H3,(H,21,22,24). The summed E-state index contributed by atoms with van der Waals surface area (Å²) in [6, 6.07) is 5.11. The minimum Gasteiger partial charge on any atom is -0.493 e. The molecule has 1 aliphatic rings. The van der Waals surface area contributed by atoms with Gasteiger partial charge in [-0.1, -0.05) is 6.92 Å². The van der Waals surface area contributed by atoms with E-state index in [0.717, 1.165) is 31.2 Å². The number of methoxy groups -OCH3 is 2. The summed E-state index contributed by atoms with van der Waals surface area (Å²) in [6.45, 7) is 7.49. The molecule has 7 heteroatoms. The van der Waals surface area contributed by atoms with E-state index in [1.54, 1.807) is 43.8 Å². The number of carbonyl (C=O) groups excluding carboxylic acids is 1. The van der Waals surface area contributed by atoms with Crippen LogP contribution >= 0.6 is 11.3 Å². The molecule has 146 valence electrons. The van der Waals surface area contributed by atoms with Gasteiger partial charge in [0, 0.05) is 17.0 Å². The third-order valence-electron chi connectivity index (χ3n) is 5.00. The largest absolute Gasteiger partial charge is 0.493 e. The molecule has 3 rings (SSSR count). The van der Waals surface area contributed by atoms with Crippen LogP contribution in [0.25, 0.3) is 0 Å². The first-order valence-corrected chi connectivity index (χ1v) is 10.0. The van der Waals surface area contributed by atoms with Crippen LogP contribution in [0.2, 0.25) is 0 Å².